The smallest absolute Gasteiger partial charge is 0.175 e. The number of ether oxygens (including phenoxy) is 2. The first-order valence-corrected chi connectivity index (χ1v) is 8.86. The molecule has 7 nitrogen and oxygen atoms in total. The number of rotatable bonds is 5. The second kappa shape index (κ2) is 8.01. The van der Waals surface area contributed by atoms with Gasteiger partial charge >= 0.3 is 0 Å². The number of anilines is 3. The highest BCUT2D eigenvalue weighted by molar-refractivity contribution is 5.66. The molecule has 0 amide bonds. The molecule has 27 heavy (non-hydrogen) atoms. The maximum absolute atomic E-state index is 5.43. The van der Waals surface area contributed by atoms with Gasteiger partial charge in [-0.2, -0.15) is 0 Å². The topological polar surface area (TPSA) is 72.4 Å². The van der Waals surface area contributed by atoms with Crippen molar-refractivity contribution in [3.05, 3.63) is 54.9 Å². The summed E-state index contributed by atoms with van der Waals surface area (Å²) in [4.78, 5) is 15.8. The van der Waals surface area contributed by atoms with Gasteiger partial charge in [0.1, 0.15) is 5.82 Å². The van der Waals surface area contributed by atoms with Crippen LogP contribution in [0.25, 0.3) is 11.4 Å². The molecule has 1 fully saturated rings. The van der Waals surface area contributed by atoms with Gasteiger partial charge in [-0.25, -0.2) is 9.97 Å². The Kier molecular flexibility index (Phi) is 5.11. The molecule has 0 radical (unpaired) electrons. The van der Waals surface area contributed by atoms with E-state index in [0.29, 0.717) is 17.4 Å². The summed E-state index contributed by atoms with van der Waals surface area (Å²) in [5.74, 6) is 1.96. The predicted molar refractivity (Wildman–Crippen MR) is 105 cm³/mol. The van der Waals surface area contributed by atoms with Gasteiger partial charge in [0.15, 0.2) is 11.6 Å². The molecule has 3 aromatic rings. The number of nitrogens with zero attached hydrogens (tertiary/aromatic N) is 4. The van der Waals surface area contributed by atoms with Gasteiger partial charge in [0.25, 0.3) is 0 Å². The SMILES string of the molecule is COc1ccc(-c2ccccn2)nc1Nc1ccc(N2CCOCC2)cn1. The van der Waals surface area contributed by atoms with E-state index in [-0.39, 0.29) is 0 Å². The molecule has 0 bridgehead atoms. The van der Waals surface area contributed by atoms with Crippen molar-refractivity contribution >= 4 is 17.3 Å². The van der Waals surface area contributed by atoms with Crippen LogP contribution >= 0.6 is 0 Å². The Bertz CT molecular complexity index is 881. The van der Waals surface area contributed by atoms with Crippen molar-refractivity contribution in [2.75, 3.05) is 43.6 Å². The van der Waals surface area contributed by atoms with Crippen LogP contribution in [-0.4, -0.2) is 48.4 Å². The van der Waals surface area contributed by atoms with E-state index in [9.17, 15) is 0 Å². The van der Waals surface area contributed by atoms with E-state index in [1.165, 1.54) is 0 Å². The molecule has 138 valence electrons. The van der Waals surface area contributed by atoms with Gasteiger partial charge in [-0.15, -0.1) is 0 Å². The van der Waals surface area contributed by atoms with Gasteiger partial charge in [0.05, 0.1) is 43.6 Å². The molecule has 4 heterocycles. The first kappa shape index (κ1) is 17.2. The Balaban J connectivity index is 1.56. The Morgan fingerprint density at radius 2 is 1.89 bits per heavy atom. The van der Waals surface area contributed by atoms with Crippen molar-refractivity contribution in [1.82, 2.24) is 15.0 Å². The van der Waals surface area contributed by atoms with Gasteiger partial charge in [-0.1, -0.05) is 6.07 Å². The van der Waals surface area contributed by atoms with Crippen LogP contribution in [0, 0.1) is 0 Å². The Hall–Kier alpha value is -3.19. The molecule has 0 atom stereocenters. The molecule has 4 rings (SSSR count). The quantitative estimate of drug-likeness (QED) is 0.746. The van der Waals surface area contributed by atoms with Crippen LogP contribution in [-0.2, 0) is 4.74 Å². The van der Waals surface area contributed by atoms with E-state index >= 15 is 0 Å². The summed E-state index contributed by atoms with van der Waals surface area (Å²) in [7, 11) is 1.62. The second-order valence-corrected chi connectivity index (χ2v) is 6.09. The highest BCUT2D eigenvalue weighted by Crippen LogP contribution is 2.28. The summed E-state index contributed by atoms with van der Waals surface area (Å²) < 4.78 is 10.8. The Morgan fingerprint density at radius 3 is 2.59 bits per heavy atom. The van der Waals surface area contributed by atoms with Crippen molar-refractivity contribution < 1.29 is 9.47 Å². The third kappa shape index (κ3) is 3.98. The number of methoxy groups -OCH3 is 1. The number of hydrogen-bond donors (Lipinski definition) is 1. The van der Waals surface area contributed by atoms with Gasteiger partial charge < -0.3 is 19.7 Å². The number of nitrogens with one attached hydrogen (secondary N) is 1. The second-order valence-electron chi connectivity index (χ2n) is 6.09. The third-order valence-corrected chi connectivity index (χ3v) is 4.38. The molecule has 1 N–H and O–H groups in total. The molecule has 7 heteroatoms. The zero-order valence-electron chi connectivity index (χ0n) is 15.1. The number of pyridine rings is 3. The minimum Gasteiger partial charge on any atom is -0.493 e. The molecule has 0 spiro atoms. The van der Waals surface area contributed by atoms with Crippen LogP contribution < -0.4 is 15.0 Å². The molecular formula is C20H21N5O2. The third-order valence-electron chi connectivity index (χ3n) is 4.38. The molecule has 0 saturated carbocycles. The van der Waals surface area contributed by atoms with E-state index in [0.717, 1.165) is 43.4 Å². The highest BCUT2D eigenvalue weighted by Gasteiger charge is 2.13. The van der Waals surface area contributed by atoms with E-state index in [1.807, 2.05) is 42.6 Å². The minimum absolute atomic E-state index is 0.604. The number of morpholine rings is 1. The molecule has 0 aliphatic carbocycles. The molecule has 3 aromatic heterocycles. The number of hydrogen-bond acceptors (Lipinski definition) is 7. The van der Waals surface area contributed by atoms with Crippen LogP contribution in [0.3, 0.4) is 0 Å². The van der Waals surface area contributed by atoms with E-state index in [2.05, 4.69) is 31.2 Å². The zero-order chi connectivity index (χ0) is 18.5. The zero-order valence-corrected chi connectivity index (χ0v) is 15.1. The van der Waals surface area contributed by atoms with Crippen molar-refractivity contribution in [3.8, 4) is 17.1 Å². The molecular weight excluding hydrogens is 342 g/mol. The van der Waals surface area contributed by atoms with Crippen LogP contribution in [0.2, 0.25) is 0 Å². The van der Waals surface area contributed by atoms with E-state index < -0.39 is 0 Å². The molecule has 0 aromatic carbocycles. The fraction of sp³-hybridized carbons (Fsp3) is 0.250. The summed E-state index contributed by atoms with van der Waals surface area (Å²) >= 11 is 0. The summed E-state index contributed by atoms with van der Waals surface area (Å²) in [6.07, 6.45) is 3.61. The molecule has 1 aliphatic rings. The van der Waals surface area contributed by atoms with Crippen molar-refractivity contribution in [3.63, 3.8) is 0 Å². The maximum Gasteiger partial charge on any atom is 0.175 e. The van der Waals surface area contributed by atoms with Crippen LogP contribution in [0.4, 0.5) is 17.3 Å². The number of aromatic nitrogens is 3. The highest BCUT2D eigenvalue weighted by atomic mass is 16.5. The Morgan fingerprint density at radius 1 is 1.00 bits per heavy atom. The van der Waals surface area contributed by atoms with Gasteiger partial charge in [0, 0.05) is 19.3 Å². The fourth-order valence-electron chi connectivity index (χ4n) is 2.95. The van der Waals surface area contributed by atoms with Gasteiger partial charge in [-0.3, -0.25) is 4.98 Å². The van der Waals surface area contributed by atoms with Crippen molar-refractivity contribution in [2.24, 2.45) is 0 Å². The molecule has 1 saturated heterocycles. The van der Waals surface area contributed by atoms with Crippen molar-refractivity contribution in [2.45, 2.75) is 0 Å². The van der Waals surface area contributed by atoms with Gasteiger partial charge in [0.2, 0.25) is 0 Å². The van der Waals surface area contributed by atoms with Crippen LogP contribution in [0.1, 0.15) is 0 Å². The summed E-state index contributed by atoms with van der Waals surface area (Å²) in [6.45, 7) is 3.27. The first-order valence-electron chi connectivity index (χ1n) is 8.86. The maximum atomic E-state index is 5.43. The molecule has 0 unspecified atom stereocenters. The van der Waals surface area contributed by atoms with E-state index in [4.69, 9.17) is 9.47 Å². The Labute approximate surface area is 158 Å². The lowest BCUT2D eigenvalue weighted by atomic mass is 10.2. The van der Waals surface area contributed by atoms with E-state index in [1.54, 1.807) is 13.3 Å². The van der Waals surface area contributed by atoms with Crippen molar-refractivity contribution in [1.29, 1.82) is 0 Å². The predicted octanol–water partition coefficient (Wildman–Crippen LogP) is 3.13. The van der Waals surface area contributed by atoms with Crippen LogP contribution in [0.5, 0.6) is 5.75 Å². The standard InChI is InChI=1S/C20H21N5O2/c1-26-18-7-6-17(16-4-2-3-9-21-16)23-20(18)24-19-8-5-15(14-22-19)25-10-12-27-13-11-25/h2-9,14H,10-13H2,1H3,(H,22,23,24). The summed E-state index contributed by atoms with van der Waals surface area (Å²) in [5.41, 5.74) is 2.66. The lowest BCUT2D eigenvalue weighted by Crippen LogP contribution is -2.36. The lowest BCUT2D eigenvalue weighted by molar-refractivity contribution is 0.122. The van der Waals surface area contributed by atoms with Crippen LogP contribution in [0.15, 0.2) is 54.9 Å². The largest absolute Gasteiger partial charge is 0.493 e. The normalized spacial score (nSPS) is 14.0. The van der Waals surface area contributed by atoms with Gasteiger partial charge in [-0.05, 0) is 36.4 Å². The lowest BCUT2D eigenvalue weighted by Gasteiger charge is -2.28. The average Bonchev–Trinajstić information content (AvgIpc) is 2.75. The average molecular weight is 363 g/mol. The first-order chi connectivity index (χ1) is 13.3. The monoisotopic (exact) mass is 363 g/mol. The summed E-state index contributed by atoms with van der Waals surface area (Å²) in [5, 5.41) is 3.25. The minimum atomic E-state index is 0.604. The molecule has 1 aliphatic heterocycles. The fourth-order valence-corrected chi connectivity index (χ4v) is 2.95. The summed E-state index contributed by atoms with van der Waals surface area (Å²) in [6, 6.07) is 13.5.